The minimum atomic E-state index is -0.916. The maximum absolute atomic E-state index is 9.95. The van der Waals surface area contributed by atoms with Crippen LogP contribution < -0.4 is 10.6 Å². The highest BCUT2D eigenvalue weighted by Crippen LogP contribution is 1.70. The summed E-state index contributed by atoms with van der Waals surface area (Å²) in [6.45, 7) is 7.98. The highest BCUT2D eigenvalue weighted by Gasteiger charge is 1.82. The van der Waals surface area contributed by atoms with Crippen molar-refractivity contribution in [2.24, 2.45) is 0 Å². The molecule has 0 aliphatic heterocycles. The third kappa shape index (κ3) is 18.0. The SMILES string of the molecule is C=CC(=O)NC.C=CCNCC=CC(=O)O. The number of likely N-dealkylation sites (N-methyl/N-ethyl adjacent to an activating group) is 1. The molecule has 3 N–H and O–H groups in total. The van der Waals surface area contributed by atoms with Gasteiger partial charge in [-0.05, 0) is 6.08 Å². The molecule has 0 fully saturated rings. The molecule has 16 heavy (non-hydrogen) atoms. The monoisotopic (exact) mass is 226 g/mol. The van der Waals surface area contributed by atoms with Gasteiger partial charge in [-0.15, -0.1) is 6.58 Å². The van der Waals surface area contributed by atoms with Crippen molar-refractivity contribution in [1.82, 2.24) is 10.6 Å². The molecule has 0 heterocycles. The number of carbonyl (C=O) groups is 2. The highest BCUT2D eigenvalue weighted by molar-refractivity contribution is 5.86. The Bertz CT molecular complexity index is 260. The van der Waals surface area contributed by atoms with E-state index in [2.05, 4.69) is 23.8 Å². The van der Waals surface area contributed by atoms with E-state index in [9.17, 15) is 9.59 Å². The lowest BCUT2D eigenvalue weighted by atomic mass is 10.5. The molecule has 0 aliphatic rings. The third-order valence-corrected chi connectivity index (χ3v) is 1.24. The molecular weight excluding hydrogens is 208 g/mol. The molecule has 0 aromatic heterocycles. The lowest BCUT2D eigenvalue weighted by Crippen LogP contribution is -2.13. The number of nitrogens with one attached hydrogen (secondary N) is 2. The Hall–Kier alpha value is -1.88. The van der Waals surface area contributed by atoms with Gasteiger partial charge in [-0.25, -0.2) is 4.79 Å². The summed E-state index contributed by atoms with van der Waals surface area (Å²) in [5.74, 6) is -1.06. The van der Waals surface area contributed by atoms with Gasteiger partial charge in [-0.2, -0.15) is 0 Å². The third-order valence-electron chi connectivity index (χ3n) is 1.24. The summed E-state index contributed by atoms with van der Waals surface area (Å²) in [4.78, 5) is 19.8. The predicted molar refractivity (Wildman–Crippen MR) is 64.1 cm³/mol. The summed E-state index contributed by atoms with van der Waals surface area (Å²) in [7, 11) is 1.56. The van der Waals surface area contributed by atoms with Crippen molar-refractivity contribution in [2.45, 2.75) is 0 Å². The van der Waals surface area contributed by atoms with Crippen LogP contribution >= 0.6 is 0 Å². The van der Waals surface area contributed by atoms with E-state index in [4.69, 9.17) is 5.11 Å². The van der Waals surface area contributed by atoms with Crippen molar-refractivity contribution < 1.29 is 14.7 Å². The normalized spacial score (nSPS) is 8.81. The van der Waals surface area contributed by atoms with Gasteiger partial charge in [0.2, 0.25) is 5.91 Å². The van der Waals surface area contributed by atoms with Crippen molar-refractivity contribution in [3.8, 4) is 0 Å². The Labute approximate surface area is 95.5 Å². The van der Waals surface area contributed by atoms with Crippen molar-refractivity contribution in [3.05, 3.63) is 37.5 Å². The molecular formula is C11H18N2O3. The Balaban J connectivity index is 0. The van der Waals surface area contributed by atoms with E-state index in [0.717, 1.165) is 6.08 Å². The number of hydrogen-bond donors (Lipinski definition) is 3. The summed E-state index contributed by atoms with van der Waals surface area (Å²) >= 11 is 0. The lowest BCUT2D eigenvalue weighted by Gasteiger charge is -1.91. The van der Waals surface area contributed by atoms with Gasteiger partial charge >= 0.3 is 5.97 Å². The number of rotatable bonds is 6. The van der Waals surface area contributed by atoms with E-state index in [1.54, 1.807) is 19.2 Å². The average Bonchev–Trinajstić information content (AvgIpc) is 2.28. The van der Waals surface area contributed by atoms with Crippen LogP contribution in [0.3, 0.4) is 0 Å². The first-order valence-electron chi connectivity index (χ1n) is 4.63. The van der Waals surface area contributed by atoms with Gasteiger partial charge in [0.25, 0.3) is 0 Å². The molecule has 0 saturated carbocycles. The van der Waals surface area contributed by atoms with Crippen molar-refractivity contribution in [1.29, 1.82) is 0 Å². The highest BCUT2D eigenvalue weighted by atomic mass is 16.4. The number of carbonyl (C=O) groups excluding carboxylic acids is 1. The summed E-state index contributed by atoms with van der Waals surface area (Å²) in [5.41, 5.74) is 0. The zero-order chi connectivity index (χ0) is 12.8. The van der Waals surface area contributed by atoms with Gasteiger partial charge in [-0.1, -0.05) is 18.7 Å². The van der Waals surface area contributed by atoms with Gasteiger partial charge < -0.3 is 15.7 Å². The van der Waals surface area contributed by atoms with Gasteiger partial charge in [0.1, 0.15) is 0 Å². The molecule has 0 rings (SSSR count). The van der Waals surface area contributed by atoms with Crippen LogP contribution in [0.4, 0.5) is 0 Å². The summed E-state index contributed by atoms with van der Waals surface area (Å²) in [6.07, 6.45) is 5.59. The van der Waals surface area contributed by atoms with Crippen molar-refractivity contribution >= 4 is 11.9 Å². The molecule has 0 aromatic rings. The fraction of sp³-hybridized carbons (Fsp3) is 0.273. The number of carboxylic acid groups (broad SMARTS) is 1. The molecule has 0 aliphatic carbocycles. The topological polar surface area (TPSA) is 78.4 Å². The quantitative estimate of drug-likeness (QED) is 0.346. The molecule has 1 amide bonds. The van der Waals surface area contributed by atoms with E-state index in [1.807, 2.05) is 0 Å². The van der Waals surface area contributed by atoms with E-state index >= 15 is 0 Å². The fourth-order valence-electron chi connectivity index (χ4n) is 0.531. The number of amides is 1. The van der Waals surface area contributed by atoms with Crippen LogP contribution in [0.15, 0.2) is 37.5 Å². The fourth-order valence-corrected chi connectivity index (χ4v) is 0.531. The van der Waals surface area contributed by atoms with Crippen LogP contribution in [0.25, 0.3) is 0 Å². The van der Waals surface area contributed by atoms with Crippen LogP contribution in [-0.4, -0.2) is 37.1 Å². The first-order valence-corrected chi connectivity index (χ1v) is 4.63. The molecule has 0 radical (unpaired) electrons. The molecule has 0 aromatic carbocycles. The molecule has 0 unspecified atom stereocenters. The second-order valence-corrected chi connectivity index (χ2v) is 2.51. The van der Waals surface area contributed by atoms with E-state index in [1.165, 1.54) is 6.08 Å². The van der Waals surface area contributed by atoms with Gasteiger partial charge in [0.15, 0.2) is 0 Å². The molecule has 90 valence electrons. The minimum absolute atomic E-state index is 0.144. The Morgan fingerprint density at radius 2 is 1.94 bits per heavy atom. The Morgan fingerprint density at radius 1 is 1.31 bits per heavy atom. The lowest BCUT2D eigenvalue weighted by molar-refractivity contribution is -0.131. The zero-order valence-electron chi connectivity index (χ0n) is 9.40. The van der Waals surface area contributed by atoms with Crippen molar-refractivity contribution in [2.75, 3.05) is 20.1 Å². The second-order valence-electron chi connectivity index (χ2n) is 2.51. The predicted octanol–water partition coefficient (Wildman–Crippen LogP) is 0.321. The van der Waals surface area contributed by atoms with Gasteiger partial charge in [0, 0.05) is 26.2 Å². The maximum atomic E-state index is 9.95. The largest absolute Gasteiger partial charge is 0.478 e. The number of carboxylic acids is 1. The molecule has 0 atom stereocenters. The van der Waals surface area contributed by atoms with Crippen LogP contribution in [0, 0.1) is 0 Å². The van der Waals surface area contributed by atoms with Crippen molar-refractivity contribution in [3.63, 3.8) is 0 Å². The van der Waals surface area contributed by atoms with Gasteiger partial charge in [-0.3, -0.25) is 4.79 Å². The Kier molecular flexibility index (Phi) is 13.6. The molecule has 0 bridgehead atoms. The van der Waals surface area contributed by atoms with E-state index in [0.29, 0.717) is 13.1 Å². The molecule has 0 saturated heterocycles. The second kappa shape index (κ2) is 13.1. The van der Waals surface area contributed by atoms with Gasteiger partial charge in [0.05, 0.1) is 0 Å². The summed E-state index contributed by atoms with van der Waals surface area (Å²) in [6, 6.07) is 0. The smallest absolute Gasteiger partial charge is 0.328 e. The Morgan fingerprint density at radius 3 is 2.25 bits per heavy atom. The zero-order valence-corrected chi connectivity index (χ0v) is 9.40. The van der Waals surface area contributed by atoms with Crippen LogP contribution in [-0.2, 0) is 9.59 Å². The maximum Gasteiger partial charge on any atom is 0.328 e. The first kappa shape index (κ1) is 16.5. The minimum Gasteiger partial charge on any atom is -0.478 e. The molecule has 0 spiro atoms. The summed E-state index contributed by atoms with van der Waals surface area (Å²) < 4.78 is 0. The molecule has 5 heteroatoms. The summed E-state index contributed by atoms with van der Waals surface area (Å²) in [5, 5.41) is 13.4. The van der Waals surface area contributed by atoms with Crippen LogP contribution in [0.2, 0.25) is 0 Å². The average molecular weight is 226 g/mol. The van der Waals surface area contributed by atoms with E-state index in [-0.39, 0.29) is 5.91 Å². The standard InChI is InChI=1S/C7H11NO2.C4H7NO/c1-2-5-8-6-3-4-7(9)10;1-3-4(6)5-2/h2-4,8H,1,5-6H2,(H,9,10);3H,1H2,2H3,(H,5,6). The first-order chi connectivity index (χ1) is 7.58. The van der Waals surface area contributed by atoms with E-state index < -0.39 is 5.97 Å². The van der Waals surface area contributed by atoms with Crippen LogP contribution in [0.1, 0.15) is 0 Å². The van der Waals surface area contributed by atoms with Crippen LogP contribution in [0.5, 0.6) is 0 Å². The number of hydrogen-bond acceptors (Lipinski definition) is 3. The molecule has 5 nitrogen and oxygen atoms in total. The number of aliphatic carboxylic acids is 1.